The van der Waals surface area contributed by atoms with E-state index < -0.39 is 0 Å². The minimum absolute atomic E-state index is 0.0541. The topological polar surface area (TPSA) is 40.5 Å². The van der Waals surface area contributed by atoms with Crippen molar-refractivity contribution in [2.45, 2.75) is 77.4 Å². The first kappa shape index (κ1) is 14.3. The number of fused-ring (bicyclic) bond motifs is 5. The van der Waals surface area contributed by atoms with Gasteiger partial charge < -0.3 is 10.2 Å². The lowest BCUT2D eigenvalue weighted by Crippen LogP contribution is -2.54. The van der Waals surface area contributed by atoms with Crippen molar-refractivity contribution >= 4 is 0 Å². The van der Waals surface area contributed by atoms with Gasteiger partial charge in [-0.3, -0.25) is 0 Å². The van der Waals surface area contributed by atoms with Crippen LogP contribution in [0.3, 0.4) is 0 Å². The molecule has 0 saturated heterocycles. The molecule has 2 unspecified atom stereocenters. The third-order valence-electron chi connectivity index (χ3n) is 7.99. The smallest absolute Gasteiger partial charge is 0.0757 e. The summed E-state index contributed by atoms with van der Waals surface area (Å²) in [6.45, 7) is 4.75. The van der Waals surface area contributed by atoms with Crippen LogP contribution in [-0.4, -0.2) is 22.4 Å². The predicted octanol–water partition coefficient (Wildman–Crippen LogP) is 3.67. The van der Waals surface area contributed by atoms with Crippen LogP contribution in [0.1, 0.15) is 65.2 Å². The molecule has 3 fully saturated rings. The van der Waals surface area contributed by atoms with Gasteiger partial charge >= 0.3 is 0 Å². The Morgan fingerprint density at radius 1 is 1.00 bits per heavy atom. The molecule has 4 rings (SSSR count). The summed E-state index contributed by atoms with van der Waals surface area (Å²) in [7, 11) is 0. The number of aliphatic hydroxyl groups is 2. The maximum Gasteiger partial charge on any atom is 0.0757 e. The van der Waals surface area contributed by atoms with Crippen molar-refractivity contribution in [3.05, 3.63) is 11.6 Å². The van der Waals surface area contributed by atoms with Crippen LogP contribution in [0.25, 0.3) is 0 Å². The lowest BCUT2D eigenvalue weighted by atomic mass is 9.47. The van der Waals surface area contributed by atoms with Gasteiger partial charge in [0.25, 0.3) is 0 Å². The van der Waals surface area contributed by atoms with Crippen molar-refractivity contribution in [3.63, 3.8) is 0 Å². The Bertz CT molecular complexity index is 470. The first-order valence-electron chi connectivity index (χ1n) is 9.04. The molecule has 7 atom stereocenters. The highest BCUT2D eigenvalue weighted by molar-refractivity contribution is 5.27. The minimum atomic E-state index is -0.272. The molecule has 2 N–H and O–H groups in total. The normalized spacial score (nSPS) is 56.2. The molecule has 0 bridgehead atoms. The Hall–Kier alpha value is -0.340. The van der Waals surface area contributed by atoms with Crippen LogP contribution in [-0.2, 0) is 0 Å². The second-order valence-electron chi connectivity index (χ2n) is 8.74. The molecule has 0 radical (unpaired) electrons. The predicted molar refractivity (Wildman–Crippen MR) is 83.7 cm³/mol. The fourth-order valence-electron chi connectivity index (χ4n) is 6.66. The van der Waals surface area contributed by atoms with Gasteiger partial charge in [-0.2, -0.15) is 0 Å². The zero-order valence-corrected chi connectivity index (χ0v) is 13.5. The highest BCUT2D eigenvalue weighted by atomic mass is 16.3. The minimum Gasteiger partial charge on any atom is -0.393 e. The van der Waals surface area contributed by atoms with Crippen LogP contribution in [0.5, 0.6) is 0 Å². The van der Waals surface area contributed by atoms with Crippen molar-refractivity contribution in [2.24, 2.45) is 28.6 Å². The molecule has 0 aliphatic heterocycles. The lowest BCUT2D eigenvalue weighted by Gasteiger charge is -2.58. The fourth-order valence-corrected chi connectivity index (χ4v) is 6.66. The van der Waals surface area contributed by atoms with E-state index in [0.717, 1.165) is 19.3 Å². The molecule has 2 nitrogen and oxygen atoms in total. The van der Waals surface area contributed by atoms with Crippen molar-refractivity contribution in [1.29, 1.82) is 0 Å². The van der Waals surface area contributed by atoms with Gasteiger partial charge in [0, 0.05) is 0 Å². The Morgan fingerprint density at radius 3 is 2.62 bits per heavy atom. The second-order valence-corrected chi connectivity index (χ2v) is 8.74. The van der Waals surface area contributed by atoms with Gasteiger partial charge in [-0.25, -0.2) is 0 Å². The number of hydrogen-bond acceptors (Lipinski definition) is 2. The number of rotatable bonds is 0. The molecule has 118 valence electrons. The quantitative estimate of drug-likeness (QED) is 0.668. The summed E-state index contributed by atoms with van der Waals surface area (Å²) >= 11 is 0. The largest absolute Gasteiger partial charge is 0.393 e. The maximum absolute atomic E-state index is 10.8. The van der Waals surface area contributed by atoms with Crippen LogP contribution in [0.15, 0.2) is 11.6 Å². The third-order valence-corrected chi connectivity index (χ3v) is 7.99. The number of allylic oxidation sites excluding steroid dienone is 1. The molecule has 21 heavy (non-hydrogen) atoms. The van der Waals surface area contributed by atoms with E-state index in [-0.39, 0.29) is 17.6 Å². The van der Waals surface area contributed by atoms with Gasteiger partial charge in [0.1, 0.15) is 0 Å². The summed E-state index contributed by atoms with van der Waals surface area (Å²) in [6, 6.07) is 0. The molecule has 3 saturated carbocycles. The van der Waals surface area contributed by atoms with E-state index in [2.05, 4.69) is 19.9 Å². The van der Waals surface area contributed by atoms with Gasteiger partial charge in [0.05, 0.1) is 12.2 Å². The molecule has 2 heteroatoms. The first-order chi connectivity index (χ1) is 9.97. The van der Waals surface area contributed by atoms with Crippen molar-refractivity contribution in [3.8, 4) is 0 Å². The fraction of sp³-hybridized carbons (Fsp3) is 0.895. The molecular formula is C19H30O2. The van der Waals surface area contributed by atoms with Gasteiger partial charge in [-0.1, -0.05) is 31.9 Å². The average molecular weight is 290 g/mol. The van der Waals surface area contributed by atoms with Crippen LogP contribution < -0.4 is 0 Å². The van der Waals surface area contributed by atoms with Gasteiger partial charge in [0.2, 0.25) is 0 Å². The molecular weight excluding hydrogens is 260 g/mol. The van der Waals surface area contributed by atoms with Crippen LogP contribution in [0.2, 0.25) is 0 Å². The van der Waals surface area contributed by atoms with E-state index in [0.29, 0.717) is 23.2 Å². The summed E-state index contributed by atoms with van der Waals surface area (Å²) < 4.78 is 0. The van der Waals surface area contributed by atoms with Crippen molar-refractivity contribution in [2.75, 3.05) is 0 Å². The monoisotopic (exact) mass is 290 g/mol. The van der Waals surface area contributed by atoms with Gasteiger partial charge in [-0.15, -0.1) is 0 Å². The third kappa shape index (κ3) is 1.78. The van der Waals surface area contributed by atoms with Gasteiger partial charge in [0.15, 0.2) is 0 Å². The molecule has 0 spiro atoms. The lowest BCUT2D eigenvalue weighted by molar-refractivity contribution is -0.101. The Labute approximate surface area is 128 Å². The Kier molecular flexibility index (Phi) is 3.11. The standard InChI is InChI=1S/C19H30O2/c1-18-9-4-3-5-12(18)11-15(20)17-13-6-7-16(21)19(13,2)10-8-14(17)18/h11,13-17,20-21H,3-10H2,1-2H3/t13-,14-,15?,16?,17-,18-,19-/m0/s1. The first-order valence-corrected chi connectivity index (χ1v) is 9.04. The zero-order chi connectivity index (χ0) is 14.8. The molecule has 4 aliphatic carbocycles. The van der Waals surface area contributed by atoms with E-state index in [1.54, 1.807) is 5.57 Å². The Morgan fingerprint density at radius 2 is 1.81 bits per heavy atom. The van der Waals surface area contributed by atoms with E-state index in [1.807, 2.05) is 0 Å². The highest BCUT2D eigenvalue weighted by Crippen LogP contribution is 2.64. The van der Waals surface area contributed by atoms with Gasteiger partial charge in [-0.05, 0) is 73.5 Å². The molecule has 0 aromatic heterocycles. The SMILES string of the molecule is C[C@]12CCCCC1=CC(O)[C@@H]1[C@@H]2CC[C@]2(C)C(O)CC[C@@H]12. The van der Waals surface area contributed by atoms with E-state index in [9.17, 15) is 10.2 Å². The maximum atomic E-state index is 10.8. The Balaban J connectivity index is 1.75. The zero-order valence-electron chi connectivity index (χ0n) is 13.5. The van der Waals surface area contributed by atoms with E-state index >= 15 is 0 Å². The van der Waals surface area contributed by atoms with E-state index in [1.165, 1.54) is 32.1 Å². The summed E-state index contributed by atoms with van der Waals surface area (Å²) in [5, 5.41) is 21.3. The molecule has 4 aliphatic rings. The summed E-state index contributed by atoms with van der Waals surface area (Å²) in [4.78, 5) is 0. The summed E-state index contributed by atoms with van der Waals surface area (Å²) in [6.07, 6.45) is 11.3. The molecule has 0 heterocycles. The highest BCUT2D eigenvalue weighted by Gasteiger charge is 2.60. The van der Waals surface area contributed by atoms with E-state index in [4.69, 9.17) is 0 Å². The van der Waals surface area contributed by atoms with Crippen molar-refractivity contribution in [1.82, 2.24) is 0 Å². The second kappa shape index (κ2) is 4.58. The van der Waals surface area contributed by atoms with Crippen LogP contribution in [0.4, 0.5) is 0 Å². The average Bonchev–Trinajstić information content (AvgIpc) is 2.76. The van der Waals surface area contributed by atoms with Crippen LogP contribution >= 0.6 is 0 Å². The molecule has 0 aromatic carbocycles. The van der Waals surface area contributed by atoms with Crippen molar-refractivity contribution < 1.29 is 10.2 Å². The molecule has 0 aromatic rings. The molecule has 0 amide bonds. The van der Waals surface area contributed by atoms with Crippen LogP contribution in [0, 0.1) is 28.6 Å². The number of aliphatic hydroxyl groups excluding tert-OH is 2. The number of hydrogen-bond donors (Lipinski definition) is 2. The summed E-state index contributed by atoms with van der Waals surface area (Å²) in [5.74, 6) is 1.53. The summed E-state index contributed by atoms with van der Waals surface area (Å²) in [5.41, 5.74) is 1.93.